The number of rotatable bonds is 12. The number of nitrogens with one attached hydrogen (secondary N) is 1. The maximum absolute atomic E-state index is 14.1. The molecule has 2 unspecified atom stereocenters. The first-order valence-electron chi connectivity index (χ1n) is 21.4. The number of aryl methyl sites for hydroxylation is 1. The van der Waals surface area contributed by atoms with Gasteiger partial charge in [0.1, 0.15) is 23.9 Å². The van der Waals surface area contributed by atoms with Crippen molar-refractivity contribution in [2.75, 3.05) is 33.4 Å². The second kappa shape index (κ2) is 16.2. The first kappa shape index (κ1) is 42.2. The summed E-state index contributed by atoms with van der Waals surface area (Å²) in [5, 5.41) is 39.6. The Morgan fingerprint density at radius 2 is 1.84 bits per heavy atom. The summed E-state index contributed by atoms with van der Waals surface area (Å²) in [6.45, 7) is 8.82. The van der Waals surface area contributed by atoms with Gasteiger partial charge in [0, 0.05) is 55.2 Å². The van der Waals surface area contributed by atoms with E-state index < -0.39 is 29.4 Å². The molecule has 2 amide bonds. The van der Waals surface area contributed by atoms with Gasteiger partial charge < -0.3 is 43.9 Å². The molecule has 0 spiro atoms. The summed E-state index contributed by atoms with van der Waals surface area (Å²) in [6, 6.07) is 14.9. The number of aromatic nitrogens is 5. The van der Waals surface area contributed by atoms with Crippen molar-refractivity contribution in [3.05, 3.63) is 105 Å². The van der Waals surface area contributed by atoms with Gasteiger partial charge in [-0.2, -0.15) is 5.10 Å². The summed E-state index contributed by atoms with van der Waals surface area (Å²) < 4.78 is 21.0. The number of amides is 2. The molecule has 4 N–H and O–H groups in total. The van der Waals surface area contributed by atoms with Gasteiger partial charge in [0.15, 0.2) is 5.82 Å². The van der Waals surface area contributed by atoms with Crippen molar-refractivity contribution in [2.45, 2.75) is 77.6 Å². The number of esters is 1. The zero-order valence-corrected chi connectivity index (χ0v) is 36.2. The molecular formula is C47H49N7O10. The lowest BCUT2D eigenvalue weighted by molar-refractivity contribution is -0.166. The number of likely N-dealkylation sites (N-methyl/N-ethyl adjacent to an activating group) is 1. The predicted molar refractivity (Wildman–Crippen MR) is 234 cm³/mol. The van der Waals surface area contributed by atoms with Crippen LogP contribution in [-0.2, 0) is 43.3 Å². The minimum atomic E-state index is -1.80. The highest BCUT2D eigenvalue weighted by atomic mass is 16.6. The van der Waals surface area contributed by atoms with E-state index in [0.29, 0.717) is 59.6 Å². The number of carbonyl (C=O) groups excluding carboxylic acids is 3. The topological polar surface area (TPSA) is 215 Å². The van der Waals surface area contributed by atoms with E-state index in [0.717, 1.165) is 33.1 Å². The maximum Gasteiger partial charge on any atom is 0.411 e. The summed E-state index contributed by atoms with van der Waals surface area (Å²) in [6.07, 6.45) is 2.12. The van der Waals surface area contributed by atoms with Crippen LogP contribution in [0.2, 0.25) is 0 Å². The third-order valence-corrected chi connectivity index (χ3v) is 12.9. The highest BCUT2D eigenvalue weighted by Gasteiger charge is 2.56. The van der Waals surface area contributed by atoms with Crippen LogP contribution in [0.4, 0.5) is 4.79 Å². The molecule has 3 aromatic heterocycles. The fourth-order valence-corrected chi connectivity index (χ4v) is 9.43. The summed E-state index contributed by atoms with van der Waals surface area (Å²) in [4.78, 5) is 62.5. The van der Waals surface area contributed by atoms with Crippen molar-refractivity contribution in [3.63, 3.8) is 0 Å². The SMILES string of the molecule is CCc1c2c(nc3ccc(O)cc13)C1CC3=C(COC(=O)C3(CC)OC(=O)N(C)CCOCCn3ccc4cc(-n5c(-c6cc(C(C)C)c(O)cc6O)n[nH]c5=O)ccc43)C(=O)N1C2. The van der Waals surface area contributed by atoms with E-state index in [2.05, 4.69) is 10.2 Å². The molecule has 0 saturated heterocycles. The number of fused-ring (bicyclic) bond motifs is 5. The highest BCUT2D eigenvalue weighted by Crippen LogP contribution is 2.50. The number of H-pyrrole nitrogens is 1. The Morgan fingerprint density at radius 1 is 1.03 bits per heavy atom. The van der Waals surface area contributed by atoms with Crippen LogP contribution < -0.4 is 5.69 Å². The normalized spacial score (nSPS) is 18.2. The molecule has 0 aliphatic carbocycles. The molecule has 9 rings (SSSR count). The van der Waals surface area contributed by atoms with Crippen LogP contribution in [0.1, 0.15) is 74.9 Å². The van der Waals surface area contributed by atoms with Crippen LogP contribution >= 0.6 is 0 Å². The molecular weight excluding hydrogens is 823 g/mol. The van der Waals surface area contributed by atoms with Crippen molar-refractivity contribution in [1.82, 2.24) is 34.1 Å². The lowest BCUT2D eigenvalue weighted by atomic mass is 9.78. The zero-order chi connectivity index (χ0) is 45.2. The molecule has 2 atom stereocenters. The van der Waals surface area contributed by atoms with Crippen LogP contribution in [0.25, 0.3) is 38.9 Å². The number of phenols is 3. The molecule has 6 heterocycles. The van der Waals surface area contributed by atoms with Gasteiger partial charge in [-0.3, -0.25) is 9.78 Å². The third kappa shape index (κ3) is 6.90. The van der Waals surface area contributed by atoms with Gasteiger partial charge in [0.05, 0.1) is 47.3 Å². The summed E-state index contributed by atoms with van der Waals surface area (Å²) in [7, 11) is 1.55. The van der Waals surface area contributed by atoms with Crippen molar-refractivity contribution in [2.24, 2.45) is 0 Å². The molecule has 17 heteroatoms. The monoisotopic (exact) mass is 871 g/mol. The van der Waals surface area contributed by atoms with Gasteiger partial charge in [0.2, 0.25) is 5.60 Å². The van der Waals surface area contributed by atoms with Crippen LogP contribution in [0.15, 0.2) is 76.7 Å². The lowest BCUT2D eigenvalue weighted by Gasteiger charge is -2.43. The molecule has 332 valence electrons. The van der Waals surface area contributed by atoms with Crippen LogP contribution in [0.3, 0.4) is 0 Å². The van der Waals surface area contributed by atoms with Crippen molar-refractivity contribution < 1.29 is 43.9 Å². The highest BCUT2D eigenvalue weighted by molar-refractivity contribution is 6.02. The minimum Gasteiger partial charge on any atom is -0.508 e. The fraction of sp³-hybridized carbons (Fsp3) is 0.362. The van der Waals surface area contributed by atoms with E-state index in [4.69, 9.17) is 19.2 Å². The summed E-state index contributed by atoms with van der Waals surface area (Å²) in [5.74, 6) is -0.958. The number of pyridine rings is 1. The average molecular weight is 872 g/mol. The van der Waals surface area contributed by atoms with E-state index >= 15 is 0 Å². The summed E-state index contributed by atoms with van der Waals surface area (Å²) >= 11 is 0. The quantitative estimate of drug-likeness (QED) is 0.0810. The Kier molecular flexibility index (Phi) is 10.7. The molecule has 17 nitrogen and oxygen atoms in total. The number of phenolic OH excluding ortho intramolecular Hbond substituents is 3. The van der Waals surface area contributed by atoms with Gasteiger partial charge in [-0.1, -0.05) is 27.7 Å². The predicted octanol–water partition coefficient (Wildman–Crippen LogP) is 6.11. The minimum absolute atomic E-state index is 0.0385. The first-order valence-corrected chi connectivity index (χ1v) is 21.4. The van der Waals surface area contributed by atoms with Crippen molar-refractivity contribution in [3.8, 4) is 34.3 Å². The van der Waals surface area contributed by atoms with Gasteiger partial charge in [-0.05, 0) is 96.0 Å². The van der Waals surface area contributed by atoms with E-state index in [1.807, 2.05) is 49.7 Å². The molecule has 6 aromatic rings. The fourth-order valence-electron chi connectivity index (χ4n) is 9.43. The molecule has 0 bridgehead atoms. The van der Waals surface area contributed by atoms with E-state index in [-0.39, 0.29) is 67.5 Å². The molecule has 0 radical (unpaired) electrons. The number of nitrogens with zero attached hydrogens (tertiary/aromatic N) is 6. The lowest BCUT2D eigenvalue weighted by Crippen LogP contribution is -2.55. The number of benzene rings is 3. The molecule has 0 saturated carbocycles. The molecule has 64 heavy (non-hydrogen) atoms. The molecule has 3 aliphatic rings. The Morgan fingerprint density at radius 3 is 2.61 bits per heavy atom. The Bertz CT molecular complexity index is 2980. The standard InChI is InChI=1S/C47H49N7O10/c1-6-29-31-19-28(55)9-10-36(31)48-41-33(29)23-53-38(41)21-35-34(43(53)58)24-63-44(59)47(35,7-2)64-46(61)51(5)14-16-62-17-15-52-13-12-26-18-27(8-11-37(26)52)54-42(49-50-45(54)60)32-20-30(25(3)4)39(56)22-40(32)57/h8-13,18-20,22,25,38,55-57H,6-7,14-17,21,23-24H2,1-5H3,(H,50,60). The Labute approximate surface area is 367 Å². The largest absolute Gasteiger partial charge is 0.508 e. The smallest absolute Gasteiger partial charge is 0.411 e. The maximum atomic E-state index is 14.1. The molecule has 3 aromatic carbocycles. The van der Waals surface area contributed by atoms with E-state index in [1.165, 1.54) is 15.5 Å². The van der Waals surface area contributed by atoms with E-state index in [1.54, 1.807) is 49.2 Å². The van der Waals surface area contributed by atoms with Crippen LogP contribution in [0, 0.1) is 0 Å². The second-order valence-electron chi connectivity index (χ2n) is 16.8. The number of cyclic esters (lactones) is 1. The second-order valence-corrected chi connectivity index (χ2v) is 16.8. The first-order chi connectivity index (χ1) is 30.7. The van der Waals surface area contributed by atoms with Crippen molar-refractivity contribution in [1.29, 1.82) is 0 Å². The zero-order valence-electron chi connectivity index (χ0n) is 36.2. The number of ether oxygens (including phenoxy) is 3. The van der Waals surface area contributed by atoms with Gasteiger partial charge >= 0.3 is 17.8 Å². The summed E-state index contributed by atoms with van der Waals surface area (Å²) in [5.41, 5.74) is 4.17. The Hall–Kier alpha value is -7.14. The molecule has 0 fully saturated rings. The van der Waals surface area contributed by atoms with Gasteiger partial charge in [0.25, 0.3) is 5.91 Å². The van der Waals surface area contributed by atoms with Crippen molar-refractivity contribution >= 4 is 39.8 Å². The third-order valence-electron chi connectivity index (χ3n) is 12.9. The van der Waals surface area contributed by atoms with Gasteiger partial charge in [-0.15, -0.1) is 0 Å². The van der Waals surface area contributed by atoms with Crippen LogP contribution in [-0.4, -0.2) is 106 Å². The van der Waals surface area contributed by atoms with E-state index in [9.17, 15) is 34.5 Å². The molecule has 3 aliphatic heterocycles. The van der Waals surface area contributed by atoms with Gasteiger partial charge in [-0.25, -0.2) is 24.0 Å². The number of carbonyl (C=O) groups is 3. The Balaban J connectivity index is 0.847. The number of hydrogen-bond acceptors (Lipinski definition) is 12. The average Bonchev–Trinajstić information content (AvgIpc) is 3.98. The number of hydrogen-bond donors (Lipinski definition) is 4. The number of aromatic amines is 1. The number of aromatic hydroxyl groups is 3. The van der Waals surface area contributed by atoms with Crippen LogP contribution in [0.5, 0.6) is 17.2 Å².